The summed E-state index contributed by atoms with van der Waals surface area (Å²) in [6, 6.07) is 28.2. The van der Waals surface area contributed by atoms with Crippen LogP contribution in [0.15, 0.2) is 119 Å². The molecule has 0 aliphatic heterocycles. The standard InChI is InChI=1S/C37H31N3O6/c1-43-36-22-26(14-17-30(41)18-16-28-10-6-9-27-8-2-3-11-31(27)28)15-19-34(36)45-25-29-24-40(39-38-29)20-7-21-44-35-23-37(42)46-33-13-5-4-12-32(33)35/h2-6,8-19,22-24H,7,20-21,25H2,1H3/b17-14+,18-16+. The number of rotatable bonds is 13. The van der Waals surface area contributed by atoms with Gasteiger partial charge in [0, 0.05) is 13.0 Å². The van der Waals surface area contributed by atoms with Crippen LogP contribution in [0.25, 0.3) is 33.9 Å². The number of benzene rings is 4. The summed E-state index contributed by atoms with van der Waals surface area (Å²) in [4.78, 5) is 24.4. The number of aryl methyl sites for hydroxylation is 1. The zero-order valence-electron chi connectivity index (χ0n) is 25.2. The summed E-state index contributed by atoms with van der Waals surface area (Å²) in [6.45, 7) is 1.17. The van der Waals surface area contributed by atoms with Crippen LogP contribution in [-0.4, -0.2) is 34.5 Å². The van der Waals surface area contributed by atoms with Crippen LogP contribution in [0.4, 0.5) is 0 Å². The van der Waals surface area contributed by atoms with Crippen molar-refractivity contribution >= 4 is 39.7 Å². The van der Waals surface area contributed by atoms with Gasteiger partial charge in [-0.3, -0.25) is 9.48 Å². The summed E-state index contributed by atoms with van der Waals surface area (Å²) < 4.78 is 24.3. The number of hydrogen-bond acceptors (Lipinski definition) is 8. The van der Waals surface area contributed by atoms with Crippen LogP contribution in [0.3, 0.4) is 0 Å². The molecule has 0 amide bonds. The minimum absolute atomic E-state index is 0.122. The van der Waals surface area contributed by atoms with Crippen LogP contribution in [-0.2, 0) is 17.9 Å². The first-order valence-electron chi connectivity index (χ1n) is 14.8. The molecular weight excluding hydrogens is 582 g/mol. The van der Waals surface area contributed by atoms with Crippen molar-refractivity contribution in [3.8, 4) is 17.2 Å². The summed E-state index contributed by atoms with van der Waals surface area (Å²) in [5.74, 6) is 1.45. The van der Waals surface area contributed by atoms with E-state index in [1.165, 1.54) is 12.1 Å². The number of hydrogen-bond donors (Lipinski definition) is 0. The molecule has 0 unspecified atom stereocenters. The average Bonchev–Trinajstić information content (AvgIpc) is 3.55. The predicted molar refractivity (Wildman–Crippen MR) is 177 cm³/mol. The lowest BCUT2D eigenvalue weighted by atomic mass is 10.0. The van der Waals surface area contributed by atoms with Crippen LogP contribution in [0.5, 0.6) is 17.2 Å². The van der Waals surface area contributed by atoms with E-state index in [0.29, 0.717) is 48.1 Å². The summed E-state index contributed by atoms with van der Waals surface area (Å²) in [7, 11) is 1.57. The first kappa shape index (κ1) is 30.1. The molecular formula is C37H31N3O6. The van der Waals surface area contributed by atoms with Crippen molar-refractivity contribution in [1.82, 2.24) is 15.0 Å². The van der Waals surface area contributed by atoms with Crippen LogP contribution in [0.1, 0.15) is 23.2 Å². The van der Waals surface area contributed by atoms with Gasteiger partial charge in [0.25, 0.3) is 0 Å². The Kier molecular flexibility index (Phi) is 9.30. The zero-order chi connectivity index (χ0) is 31.7. The number of ketones is 1. The molecule has 0 aliphatic rings. The molecule has 2 heterocycles. The molecule has 0 saturated carbocycles. The number of aromatic nitrogens is 3. The Morgan fingerprint density at radius 2 is 1.65 bits per heavy atom. The van der Waals surface area contributed by atoms with Crippen molar-refractivity contribution in [2.75, 3.05) is 13.7 Å². The van der Waals surface area contributed by atoms with Crippen molar-refractivity contribution < 1.29 is 23.4 Å². The highest BCUT2D eigenvalue weighted by atomic mass is 16.5. The fourth-order valence-corrected chi connectivity index (χ4v) is 4.98. The quantitative estimate of drug-likeness (QED) is 0.0788. The van der Waals surface area contributed by atoms with Gasteiger partial charge in [0.1, 0.15) is 23.6 Å². The van der Waals surface area contributed by atoms with E-state index in [9.17, 15) is 9.59 Å². The maximum atomic E-state index is 12.5. The first-order chi connectivity index (χ1) is 22.6. The number of allylic oxidation sites excluding steroid dienone is 2. The molecule has 46 heavy (non-hydrogen) atoms. The Morgan fingerprint density at radius 3 is 2.54 bits per heavy atom. The Hall–Kier alpha value is -5.96. The Bertz CT molecular complexity index is 2110. The molecule has 0 spiro atoms. The SMILES string of the molecule is COc1cc(/C=C/C(=O)/C=C/c2cccc3ccccc23)ccc1OCc1cn(CCCOc2cc(=O)oc3ccccc23)nn1. The minimum atomic E-state index is -0.451. The van der Waals surface area contributed by atoms with Crippen LogP contribution >= 0.6 is 0 Å². The fraction of sp³-hybridized carbons (Fsp3) is 0.135. The fourth-order valence-electron chi connectivity index (χ4n) is 4.98. The van der Waals surface area contributed by atoms with E-state index < -0.39 is 5.63 Å². The lowest BCUT2D eigenvalue weighted by Crippen LogP contribution is -2.07. The van der Waals surface area contributed by atoms with Gasteiger partial charge in [-0.25, -0.2) is 4.79 Å². The van der Waals surface area contributed by atoms with Gasteiger partial charge in [0.05, 0.1) is 31.4 Å². The highest BCUT2D eigenvalue weighted by Gasteiger charge is 2.09. The smallest absolute Gasteiger partial charge is 0.339 e. The van der Waals surface area contributed by atoms with Gasteiger partial charge in [-0.05, 0) is 58.3 Å². The Labute approximate surface area is 265 Å². The third-order valence-corrected chi connectivity index (χ3v) is 7.24. The lowest BCUT2D eigenvalue weighted by molar-refractivity contribution is -0.110. The van der Waals surface area contributed by atoms with Gasteiger partial charge >= 0.3 is 5.63 Å². The second kappa shape index (κ2) is 14.2. The van der Waals surface area contributed by atoms with Crippen molar-refractivity contribution in [2.45, 2.75) is 19.6 Å². The maximum Gasteiger partial charge on any atom is 0.339 e. The number of ether oxygens (including phenoxy) is 3. The molecule has 6 aromatic rings. The normalized spacial score (nSPS) is 11.5. The number of nitrogens with zero attached hydrogens (tertiary/aromatic N) is 3. The topological polar surface area (TPSA) is 106 Å². The van der Waals surface area contributed by atoms with Gasteiger partial charge in [-0.2, -0.15) is 0 Å². The van der Waals surface area contributed by atoms with E-state index >= 15 is 0 Å². The second-order valence-corrected chi connectivity index (χ2v) is 10.4. The molecule has 230 valence electrons. The molecule has 0 N–H and O–H groups in total. The number of fused-ring (bicyclic) bond motifs is 2. The first-order valence-corrected chi connectivity index (χ1v) is 14.8. The third kappa shape index (κ3) is 7.39. The number of para-hydroxylation sites is 1. The molecule has 0 fully saturated rings. The number of carbonyl (C=O) groups excluding carboxylic acids is 1. The predicted octanol–water partition coefficient (Wildman–Crippen LogP) is 6.89. The summed E-state index contributed by atoms with van der Waals surface area (Å²) in [5.41, 5.74) is 2.49. The maximum absolute atomic E-state index is 12.5. The van der Waals surface area contributed by atoms with E-state index in [-0.39, 0.29) is 12.4 Å². The van der Waals surface area contributed by atoms with Crippen LogP contribution < -0.4 is 19.8 Å². The molecule has 4 aromatic carbocycles. The van der Waals surface area contributed by atoms with Gasteiger partial charge in [-0.15, -0.1) is 5.10 Å². The highest BCUT2D eigenvalue weighted by Crippen LogP contribution is 2.29. The second-order valence-electron chi connectivity index (χ2n) is 10.4. The number of carbonyl (C=O) groups is 1. The van der Waals surface area contributed by atoms with Crippen LogP contribution in [0, 0.1) is 0 Å². The molecule has 2 aromatic heterocycles. The van der Waals surface area contributed by atoms with E-state index in [4.69, 9.17) is 18.6 Å². The van der Waals surface area contributed by atoms with E-state index in [1.807, 2.05) is 72.9 Å². The van der Waals surface area contributed by atoms with Gasteiger partial charge in [-0.1, -0.05) is 78.0 Å². The van der Waals surface area contributed by atoms with Crippen molar-refractivity contribution in [2.24, 2.45) is 0 Å². The molecule has 9 heteroatoms. The lowest BCUT2D eigenvalue weighted by Gasteiger charge is -2.10. The van der Waals surface area contributed by atoms with E-state index in [0.717, 1.165) is 27.3 Å². The molecule has 0 saturated heterocycles. The van der Waals surface area contributed by atoms with Gasteiger partial charge in [0.2, 0.25) is 0 Å². The molecule has 0 aliphatic carbocycles. The molecule has 6 rings (SSSR count). The molecule has 0 bridgehead atoms. The monoisotopic (exact) mass is 613 g/mol. The summed E-state index contributed by atoms with van der Waals surface area (Å²) >= 11 is 0. The largest absolute Gasteiger partial charge is 0.493 e. The summed E-state index contributed by atoms with van der Waals surface area (Å²) in [5, 5.41) is 11.3. The van der Waals surface area contributed by atoms with Crippen molar-refractivity contribution in [3.05, 3.63) is 137 Å². The number of methoxy groups -OCH3 is 1. The summed E-state index contributed by atoms with van der Waals surface area (Å²) in [6.07, 6.45) is 9.14. The van der Waals surface area contributed by atoms with E-state index in [2.05, 4.69) is 22.4 Å². The Balaban J connectivity index is 0.996. The molecule has 9 nitrogen and oxygen atoms in total. The third-order valence-electron chi connectivity index (χ3n) is 7.24. The van der Waals surface area contributed by atoms with E-state index in [1.54, 1.807) is 36.1 Å². The average molecular weight is 614 g/mol. The minimum Gasteiger partial charge on any atom is -0.493 e. The van der Waals surface area contributed by atoms with Crippen molar-refractivity contribution in [3.63, 3.8) is 0 Å². The molecule has 0 radical (unpaired) electrons. The highest BCUT2D eigenvalue weighted by molar-refractivity contribution is 6.05. The van der Waals surface area contributed by atoms with Crippen molar-refractivity contribution in [1.29, 1.82) is 0 Å². The molecule has 0 atom stereocenters. The Morgan fingerprint density at radius 1 is 0.848 bits per heavy atom. The zero-order valence-corrected chi connectivity index (χ0v) is 25.2. The van der Waals surface area contributed by atoms with Gasteiger partial charge < -0.3 is 18.6 Å². The van der Waals surface area contributed by atoms with Gasteiger partial charge in [0.15, 0.2) is 17.3 Å². The van der Waals surface area contributed by atoms with Crippen LogP contribution in [0.2, 0.25) is 0 Å².